The third-order valence-corrected chi connectivity index (χ3v) is 3.95. The first-order chi connectivity index (χ1) is 9.45. The van der Waals surface area contributed by atoms with E-state index >= 15 is 0 Å². The molecule has 2 aromatic rings. The van der Waals surface area contributed by atoms with Crippen LogP contribution < -0.4 is 0 Å². The number of imidazole rings is 1. The van der Waals surface area contributed by atoms with Crippen LogP contribution in [0.5, 0.6) is 0 Å². The van der Waals surface area contributed by atoms with Crippen LogP contribution in [0.4, 0.5) is 0 Å². The summed E-state index contributed by atoms with van der Waals surface area (Å²) in [7, 11) is 1.71. The quantitative estimate of drug-likeness (QED) is 0.745. The van der Waals surface area contributed by atoms with Gasteiger partial charge in [0.25, 0.3) is 0 Å². The van der Waals surface area contributed by atoms with Gasteiger partial charge in [0.05, 0.1) is 18.0 Å². The van der Waals surface area contributed by atoms with Gasteiger partial charge >= 0.3 is 0 Å². The second kappa shape index (κ2) is 6.41. The number of fused-ring (bicyclic) bond motifs is 1. The van der Waals surface area contributed by atoms with Crippen molar-refractivity contribution in [1.82, 2.24) is 14.5 Å². The SMILES string of the molecule is COCC(C(C)C)n1c(C(C)Cl)nc2cc(Br)cnc21. The zero-order valence-electron chi connectivity index (χ0n) is 12.1. The minimum absolute atomic E-state index is 0.162. The molecule has 0 aliphatic rings. The van der Waals surface area contributed by atoms with Crippen LogP contribution in [-0.2, 0) is 4.74 Å². The second-order valence-electron chi connectivity index (χ2n) is 5.22. The Kier molecular flexibility index (Phi) is 5.04. The van der Waals surface area contributed by atoms with E-state index in [2.05, 4.69) is 44.3 Å². The summed E-state index contributed by atoms with van der Waals surface area (Å²) in [4.78, 5) is 9.15. The molecule has 2 atom stereocenters. The fourth-order valence-corrected chi connectivity index (χ4v) is 2.79. The van der Waals surface area contributed by atoms with Crippen molar-refractivity contribution >= 4 is 38.7 Å². The number of halogens is 2. The van der Waals surface area contributed by atoms with E-state index in [1.54, 1.807) is 13.3 Å². The van der Waals surface area contributed by atoms with E-state index in [-0.39, 0.29) is 11.4 Å². The van der Waals surface area contributed by atoms with Gasteiger partial charge in [0, 0.05) is 17.8 Å². The number of rotatable bonds is 5. The number of hydrogen-bond acceptors (Lipinski definition) is 3. The summed E-state index contributed by atoms with van der Waals surface area (Å²) in [6, 6.07) is 2.13. The average Bonchev–Trinajstić information content (AvgIpc) is 2.73. The van der Waals surface area contributed by atoms with Gasteiger partial charge in [0.2, 0.25) is 0 Å². The van der Waals surface area contributed by atoms with Crippen molar-refractivity contribution < 1.29 is 4.74 Å². The van der Waals surface area contributed by atoms with Gasteiger partial charge in [-0.3, -0.25) is 0 Å². The maximum atomic E-state index is 6.30. The van der Waals surface area contributed by atoms with Gasteiger partial charge in [0.1, 0.15) is 11.3 Å². The lowest BCUT2D eigenvalue weighted by molar-refractivity contribution is 0.133. The molecule has 0 fully saturated rings. The third kappa shape index (κ3) is 3.00. The minimum atomic E-state index is -0.180. The lowest BCUT2D eigenvalue weighted by Gasteiger charge is -2.24. The zero-order valence-corrected chi connectivity index (χ0v) is 14.4. The fourth-order valence-electron chi connectivity index (χ4n) is 2.32. The number of ether oxygens (including phenoxy) is 1. The summed E-state index contributed by atoms with van der Waals surface area (Å²) in [6.07, 6.45) is 1.79. The molecule has 2 unspecified atom stereocenters. The molecule has 2 heterocycles. The Labute approximate surface area is 132 Å². The maximum absolute atomic E-state index is 6.30. The van der Waals surface area contributed by atoms with E-state index < -0.39 is 0 Å². The Morgan fingerprint density at radius 3 is 2.65 bits per heavy atom. The van der Waals surface area contributed by atoms with E-state index in [0.717, 1.165) is 21.5 Å². The number of alkyl halides is 1. The van der Waals surface area contributed by atoms with E-state index in [4.69, 9.17) is 16.3 Å². The Balaban J connectivity index is 2.66. The van der Waals surface area contributed by atoms with Gasteiger partial charge in [-0.2, -0.15) is 0 Å². The maximum Gasteiger partial charge on any atom is 0.160 e. The van der Waals surface area contributed by atoms with Gasteiger partial charge < -0.3 is 9.30 Å². The Morgan fingerprint density at radius 2 is 2.10 bits per heavy atom. The molecule has 0 spiro atoms. The van der Waals surface area contributed by atoms with Crippen molar-refractivity contribution in [2.75, 3.05) is 13.7 Å². The standard InChI is InChI=1S/C14H19BrClN3O/c1-8(2)12(7-20-4)19-13(9(3)16)18-11-5-10(15)6-17-14(11)19/h5-6,8-9,12H,7H2,1-4H3. The van der Waals surface area contributed by atoms with Crippen molar-refractivity contribution in [1.29, 1.82) is 0 Å². The molecular formula is C14H19BrClN3O. The monoisotopic (exact) mass is 359 g/mol. The smallest absolute Gasteiger partial charge is 0.160 e. The highest BCUT2D eigenvalue weighted by atomic mass is 79.9. The molecule has 2 aromatic heterocycles. The van der Waals surface area contributed by atoms with Gasteiger partial charge in [-0.1, -0.05) is 13.8 Å². The molecule has 0 bridgehead atoms. The number of pyridine rings is 1. The highest BCUT2D eigenvalue weighted by Crippen LogP contribution is 2.31. The molecule has 4 nitrogen and oxygen atoms in total. The zero-order chi connectivity index (χ0) is 14.9. The highest BCUT2D eigenvalue weighted by molar-refractivity contribution is 9.10. The van der Waals surface area contributed by atoms with Crippen LogP contribution >= 0.6 is 27.5 Å². The Morgan fingerprint density at radius 1 is 1.40 bits per heavy atom. The van der Waals surface area contributed by atoms with Gasteiger partial charge in [-0.25, -0.2) is 9.97 Å². The fraction of sp³-hybridized carbons (Fsp3) is 0.571. The summed E-state index contributed by atoms with van der Waals surface area (Å²) in [5, 5.41) is -0.180. The molecule has 6 heteroatoms. The predicted octanol–water partition coefficient (Wildman–Crippen LogP) is 4.34. The number of nitrogens with zero attached hydrogens (tertiary/aromatic N) is 3. The van der Waals surface area contributed by atoms with E-state index in [1.807, 2.05) is 13.0 Å². The predicted molar refractivity (Wildman–Crippen MR) is 85.2 cm³/mol. The van der Waals surface area contributed by atoms with Gasteiger partial charge in [-0.15, -0.1) is 11.6 Å². The molecule has 0 radical (unpaired) electrons. The van der Waals surface area contributed by atoms with Crippen LogP contribution in [0.2, 0.25) is 0 Å². The van der Waals surface area contributed by atoms with Crippen molar-refractivity contribution in [2.24, 2.45) is 5.92 Å². The molecule has 0 aliphatic carbocycles. The molecule has 0 saturated heterocycles. The summed E-state index contributed by atoms with van der Waals surface area (Å²) in [5.41, 5.74) is 1.70. The molecule has 0 aromatic carbocycles. The van der Waals surface area contributed by atoms with E-state index in [1.165, 1.54) is 0 Å². The number of aromatic nitrogens is 3. The number of methoxy groups -OCH3 is 1. The summed E-state index contributed by atoms with van der Waals surface area (Å²) in [5.74, 6) is 1.23. The Bertz CT molecular complexity index is 597. The molecule has 0 amide bonds. The van der Waals surface area contributed by atoms with Crippen molar-refractivity contribution in [3.8, 4) is 0 Å². The van der Waals surface area contributed by atoms with E-state index in [9.17, 15) is 0 Å². The normalized spacial score (nSPS) is 14.9. The van der Waals surface area contributed by atoms with Crippen molar-refractivity contribution in [3.63, 3.8) is 0 Å². The van der Waals surface area contributed by atoms with Crippen LogP contribution in [0.3, 0.4) is 0 Å². The topological polar surface area (TPSA) is 39.9 Å². The first kappa shape index (κ1) is 15.7. The van der Waals surface area contributed by atoms with Crippen LogP contribution in [-0.4, -0.2) is 28.3 Å². The van der Waals surface area contributed by atoms with Crippen LogP contribution in [0.15, 0.2) is 16.7 Å². The summed E-state index contributed by atoms with van der Waals surface area (Å²) >= 11 is 9.74. The number of hydrogen-bond donors (Lipinski definition) is 0. The molecular weight excluding hydrogens is 342 g/mol. The van der Waals surface area contributed by atoms with Crippen LogP contribution in [0, 0.1) is 5.92 Å². The molecule has 2 rings (SSSR count). The first-order valence-corrected chi connectivity index (χ1v) is 7.85. The first-order valence-electron chi connectivity index (χ1n) is 6.62. The summed E-state index contributed by atoms with van der Waals surface area (Å²) < 4.78 is 8.40. The molecule has 0 saturated carbocycles. The minimum Gasteiger partial charge on any atom is -0.383 e. The van der Waals surface area contributed by atoms with Crippen molar-refractivity contribution in [2.45, 2.75) is 32.2 Å². The van der Waals surface area contributed by atoms with Gasteiger partial charge in [-0.05, 0) is 34.8 Å². The highest BCUT2D eigenvalue weighted by Gasteiger charge is 2.24. The molecule has 20 heavy (non-hydrogen) atoms. The van der Waals surface area contributed by atoms with Crippen LogP contribution in [0.25, 0.3) is 11.2 Å². The molecule has 110 valence electrons. The largest absolute Gasteiger partial charge is 0.383 e. The van der Waals surface area contributed by atoms with E-state index in [0.29, 0.717) is 12.5 Å². The Hall–Kier alpha value is -0.650. The lowest BCUT2D eigenvalue weighted by atomic mass is 10.0. The molecule has 0 N–H and O–H groups in total. The molecule has 0 aliphatic heterocycles. The van der Waals surface area contributed by atoms with Crippen LogP contribution in [0.1, 0.15) is 38.0 Å². The lowest BCUT2D eigenvalue weighted by Crippen LogP contribution is -2.22. The summed E-state index contributed by atoms with van der Waals surface area (Å²) in [6.45, 7) is 6.87. The van der Waals surface area contributed by atoms with Gasteiger partial charge in [0.15, 0.2) is 5.65 Å². The second-order valence-corrected chi connectivity index (χ2v) is 6.79. The average molecular weight is 361 g/mol. The van der Waals surface area contributed by atoms with Crippen molar-refractivity contribution in [3.05, 3.63) is 22.6 Å². The third-order valence-electron chi connectivity index (χ3n) is 3.32.